The molecule has 1 aromatic rings. The summed E-state index contributed by atoms with van der Waals surface area (Å²) in [7, 11) is 0. The van der Waals surface area contributed by atoms with E-state index in [0.29, 0.717) is 18.0 Å². The molecule has 2 aliphatic rings. The van der Waals surface area contributed by atoms with Gasteiger partial charge in [-0.15, -0.1) is 0 Å². The highest BCUT2D eigenvalue weighted by Crippen LogP contribution is 2.37. The smallest absolute Gasteiger partial charge is 0.323 e. The highest BCUT2D eigenvalue weighted by atomic mass is 16.5. The Morgan fingerprint density at radius 1 is 1.10 bits per heavy atom. The Kier molecular flexibility index (Phi) is 4.12. The maximum absolute atomic E-state index is 5.83. The van der Waals surface area contributed by atoms with Crippen molar-refractivity contribution in [3.8, 4) is 6.01 Å². The van der Waals surface area contributed by atoms with Crippen molar-refractivity contribution in [3.05, 3.63) is 0 Å². The molecule has 0 spiro atoms. The summed E-state index contributed by atoms with van der Waals surface area (Å²) in [5.41, 5.74) is 5.83. The molecule has 2 fully saturated rings. The lowest BCUT2D eigenvalue weighted by molar-refractivity contribution is 0.222. The predicted octanol–water partition coefficient (Wildman–Crippen LogP) is 2.40. The summed E-state index contributed by atoms with van der Waals surface area (Å²) in [4.78, 5) is 15.2. The van der Waals surface area contributed by atoms with Crippen LogP contribution in [0.4, 0.5) is 11.9 Å². The van der Waals surface area contributed by atoms with Crippen LogP contribution in [0.25, 0.3) is 0 Å². The summed E-state index contributed by atoms with van der Waals surface area (Å²) in [5.74, 6) is 1.71. The van der Waals surface area contributed by atoms with E-state index in [1.54, 1.807) is 0 Å². The van der Waals surface area contributed by atoms with Gasteiger partial charge in [0.05, 0.1) is 6.10 Å². The Balaban J connectivity index is 1.82. The molecule has 6 nitrogen and oxygen atoms in total. The van der Waals surface area contributed by atoms with Crippen LogP contribution in [0, 0.1) is 5.92 Å². The molecular weight excluding hydrogens is 266 g/mol. The number of rotatable bonds is 4. The Labute approximate surface area is 126 Å². The van der Waals surface area contributed by atoms with Crippen molar-refractivity contribution >= 4 is 11.9 Å². The number of hydrogen-bond acceptors (Lipinski definition) is 6. The van der Waals surface area contributed by atoms with Gasteiger partial charge in [-0.1, -0.05) is 12.8 Å². The minimum Gasteiger partial charge on any atom is -0.461 e. The van der Waals surface area contributed by atoms with Crippen LogP contribution < -0.4 is 15.4 Å². The SMILES string of the molecule is CC(C)Oc1nc(N)nc(N2CCCC2C2CCCC2)n1. The molecule has 1 atom stereocenters. The lowest BCUT2D eigenvalue weighted by atomic mass is 9.96. The number of ether oxygens (including phenoxy) is 1. The fourth-order valence-electron chi connectivity index (χ4n) is 3.63. The van der Waals surface area contributed by atoms with Crippen molar-refractivity contribution in [2.75, 3.05) is 17.2 Å². The Morgan fingerprint density at radius 2 is 1.86 bits per heavy atom. The molecule has 1 aromatic heterocycles. The lowest BCUT2D eigenvalue weighted by Crippen LogP contribution is -2.36. The van der Waals surface area contributed by atoms with Gasteiger partial charge in [-0.3, -0.25) is 0 Å². The van der Waals surface area contributed by atoms with Gasteiger partial charge in [-0.05, 0) is 45.4 Å². The zero-order chi connectivity index (χ0) is 14.8. The van der Waals surface area contributed by atoms with Gasteiger partial charge in [-0.25, -0.2) is 0 Å². The molecule has 0 bridgehead atoms. The summed E-state index contributed by atoms with van der Waals surface area (Å²) < 4.78 is 5.59. The van der Waals surface area contributed by atoms with E-state index in [0.717, 1.165) is 12.5 Å². The summed E-state index contributed by atoms with van der Waals surface area (Å²) in [5, 5.41) is 0. The summed E-state index contributed by atoms with van der Waals surface area (Å²) >= 11 is 0. The van der Waals surface area contributed by atoms with Crippen LogP contribution in [0.5, 0.6) is 6.01 Å². The molecule has 0 radical (unpaired) electrons. The molecule has 2 heterocycles. The van der Waals surface area contributed by atoms with Gasteiger partial charge in [0.1, 0.15) is 0 Å². The highest BCUT2D eigenvalue weighted by molar-refractivity contribution is 5.39. The topological polar surface area (TPSA) is 77.2 Å². The second-order valence-corrected chi connectivity index (χ2v) is 6.39. The molecule has 3 rings (SSSR count). The van der Waals surface area contributed by atoms with Gasteiger partial charge < -0.3 is 15.4 Å². The van der Waals surface area contributed by atoms with Crippen molar-refractivity contribution in [1.82, 2.24) is 15.0 Å². The van der Waals surface area contributed by atoms with Gasteiger partial charge >= 0.3 is 6.01 Å². The van der Waals surface area contributed by atoms with Crippen molar-refractivity contribution < 1.29 is 4.74 Å². The fourth-order valence-corrected chi connectivity index (χ4v) is 3.63. The maximum atomic E-state index is 5.83. The van der Waals surface area contributed by atoms with E-state index in [9.17, 15) is 0 Å². The third-order valence-corrected chi connectivity index (χ3v) is 4.46. The van der Waals surface area contributed by atoms with Crippen LogP contribution in [0.2, 0.25) is 0 Å². The van der Waals surface area contributed by atoms with Crippen LogP contribution in [-0.4, -0.2) is 33.6 Å². The van der Waals surface area contributed by atoms with Crippen LogP contribution in [0.15, 0.2) is 0 Å². The number of aromatic nitrogens is 3. The summed E-state index contributed by atoms with van der Waals surface area (Å²) in [6.07, 6.45) is 7.84. The number of anilines is 2. The number of hydrogen-bond donors (Lipinski definition) is 1. The molecular formula is C15H25N5O. The third kappa shape index (κ3) is 3.19. The first-order valence-corrected chi connectivity index (χ1v) is 8.08. The van der Waals surface area contributed by atoms with E-state index in [2.05, 4.69) is 19.9 Å². The lowest BCUT2D eigenvalue weighted by Gasteiger charge is -2.29. The molecule has 116 valence electrons. The molecule has 1 saturated carbocycles. The van der Waals surface area contributed by atoms with E-state index in [1.807, 2.05) is 13.8 Å². The monoisotopic (exact) mass is 291 g/mol. The van der Waals surface area contributed by atoms with E-state index in [4.69, 9.17) is 10.5 Å². The minimum atomic E-state index is 0.0313. The van der Waals surface area contributed by atoms with Crippen LogP contribution in [0.3, 0.4) is 0 Å². The predicted molar refractivity (Wildman–Crippen MR) is 82.3 cm³/mol. The van der Waals surface area contributed by atoms with E-state index < -0.39 is 0 Å². The number of nitrogens with zero attached hydrogens (tertiary/aromatic N) is 4. The number of nitrogen functional groups attached to an aromatic ring is 1. The van der Waals surface area contributed by atoms with Gasteiger partial charge in [0.25, 0.3) is 0 Å². The van der Waals surface area contributed by atoms with E-state index >= 15 is 0 Å². The molecule has 0 amide bonds. The molecule has 1 unspecified atom stereocenters. The van der Waals surface area contributed by atoms with Crippen LogP contribution in [0.1, 0.15) is 52.4 Å². The van der Waals surface area contributed by atoms with Gasteiger partial charge in [-0.2, -0.15) is 15.0 Å². The molecule has 6 heteroatoms. The van der Waals surface area contributed by atoms with E-state index in [1.165, 1.54) is 38.5 Å². The minimum absolute atomic E-state index is 0.0313. The quantitative estimate of drug-likeness (QED) is 0.918. The molecule has 0 aromatic carbocycles. The Hall–Kier alpha value is -1.59. The molecule has 21 heavy (non-hydrogen) atoms. The highest BCUT2D eigenvalue weighted by Gasteiger charge is 2.35. The Morgan fingerprint density at radius 3 is 2.57 bits per heavy atom. The average molecular weight is 291 g/mol. The number of nitrogens with two attached hydrogens (primary N) is 1. The standard InChI is InChI=1S/C15H25N5O/c1-10(2)21-15-18-13(16)17-14(19-15)20-9-5-8-12(20)11-6-3-4-7-11/h10-12H,3-9H2,1-2H3,(H2,16,17,18,19). The van der Waals surface area contributed by atoms with Crippen molar-refractivity contribution in [1.29, 1.82) is 0 Å². The first-order valence-electron chi connectivity index (χ1n) is 8.08. The average Bonchev–Trinajstić information content (AvgIpc) is 3.08. The second-order valence-electron chi connectivity index (χ2n) is 6.39. The zero-order valence-corrected chi connectivity index (χ0v) is 13.0. The van der Waals surface area contributed by atoms with E-state index in [-0.39, 0.29) is 12.1 Å². The van der Waals surface area contributed by atoms with Gasteiger partial charge in [0, 0.05) is 12.6 Å². The molecule has 1 saturated heterocycles. The van der Waals surface area contributed by atoms with Crippen molar-refractivity contribution in [2.45, 2.75) is 64.5 Å². The third-order valence-electron chi connectivity index (χ3n) is 4.46. The normalized spacial score (nSPS) is 23.2. The molecule has 1 aliphatic heterocycles. The largest absolute Gasteiger partial charge is 0.461 e. The maximum Gasteiger partial charge on any atom is 0.323 e. The first kappa shape index (κ1) is 14.4. The zero-order valence-electron chi connectivity index (χ0n) is 13.0. The summed E-state index contributed by atoms with van der Waals surface area (Å²) in [6, 6.07) is 0.894. The van der Waals surface area contributed by atoms with Gasteiger partial charge in [0.2, 0.25) is 11.9 Å². The van der Waals surface area contributed by atoms with Crippen LogP contribution in [-0.2, 0) is 0 Å². The molecule has 1 aliphatic carbocycles. The van der Waals surface area contributed by atoms with Gasteiger partial charge in [0.15, 0.2) is 0 Å². The molecule has 2 N–H and O–H groups in total. The van der Waals surface area contributed by atoms with Crippen molar-refractivity contribution in [3.63, 3.8) is 0 Å². The second kappa shape index (κ2) is 6.03. The first-order chi connectivity index (χ1) is 10.1. The van der Waals surface area contributed by atoms with Crippen LogP contribution >= 0.6 is 0 Å². The fraction of sp³-hybridized carbons (Fsp3) is 0.800. The van der Waals surface area contributed by atoms with Crippen molar-refractivity contribution in [2.24, 2.45) is 5.92 Å². The Bertz CT molecular complexity index is 487. The summed E-state index contributed by atoms with van der Waals surface area (Å²) in [6.45, 7) is 4.92.